The summed E-state index contributed by atoms with van der Waals surface area (Å²) in [7, 11) is 0. The Hall–Kier alpha value is -1.96. The highest BCUT2D eigenvalue weighted by molar-refractivity contribution is 5.80. The second-order valence-electron chi connectivity index (χ2n) is 3.30. The summed E-state index contributed by atoms with van der Waals surface area (Å²) in [6.07, 6.45) is 11.0. The number of nitrogens with zero attached hydrogens (tertiary/aromatic N) is 1. The maximum Gasteiger partial charge on any atom is 0.150 e. The second kappa shape index (κ2) is 7.34. The van der Waals surface area contributed by atoms with Crippen molar-refractivity contribution in [3.05, 3.63) is 60.0 Å². The van der Waals surface area contributed by atoms with Gasteiger partial charge < -0.3 is 0 Å². The number of hydrogen-bond donors (Lipinski definition) is 0. The van der Waals surface area contributed by atoms with E-state index in [1.807, 2.05) is 56.4 Å². The predicted octanol–water partition coefficient (Wildman–Crippen LogP) is 3.82. The number of carbonyl (C=O) groups excluding carboxylic acids is 1. The molecule has 2 nitrogen and oxygen atoms in total. The molecule has 1 aromatic rings. The highest BCUT2D eigenvalue weighted by Crippen LogP contribution is 2.19. The number of pyridine rings is 1. The third kappa shape index (κ3) is 3.83. The van der Waals surface area contributed by atoms with Gasteiger partial charge in [-0.05, 0) is 24.1 Å². The molecule has 0 aliphatic heterocycles. The molecular weight excluding hydrogens is 210 g/mol. The normalized spacial score (nSPS) is 13.8. The molecule has 1 heterocycles. The third-order valence-corrected chi connectivity index (χ3v) is 2.26. The first kappa shape index (κ1) is 13.1. The smallest absolute Gasteiger partial charge is 0.150 e. The number of aldehydes is 1. The molecule has 1 aliphatic carbocycles. The van der Waals surface area contributed by atoms with E-state index in [2.05, 4.69) is 4.98 Å². The van der Waals surface area contributed by atoms with Crippen LogP contribution in [0.25, 0.3) is 5.57 Å². The van der Waals surface area contributed by atoms with Crippen LogP contribution in [0.4, 0.5) is 0 Å². The molecule has 1 aliphatic rings. The van der Waals surface area contributed by atoms with Gasteiger partial charge in [0.1, 0.15) is 6.29 Å². The van der Waals surface area contributed by atoms with Crippen molar-refractivity contribution in [2.45, 2.75) is 20.3 Å². The zero-order chi connectivity index (χ0) is 12.5. The monoisotopic (exact) mass is 229 g/mol. The van der Waals surface area contributed by atoms with Crippen molar-refractivity contribution < 1.29 is 6.22 Å². The SMILES string of the molecule is CC.O=CC1=CC=C(c2ccccn2)CC=C1.[HH]. The molecule has 0 radical (unpaired) electrons. The van der Waals surface area contributed by atoms with E-state index in [0.717, 1.165) is 24.0 Å². The molecule has 0 fully saturated rings. The summed E-state index contributed by atoms with van der Waals surface area (Å²) < 4.78 is 0. The van der Waals surface area contributed by atoms with Crippen LogP contribution < -0.4 is 0 Å². The molecule has 90 valence electrons. The molecule has 2 rings (SSSR count). The molecule has 2 heteroatoms. The summed E-state index contributed by atoms with van der Waals surface area (Å²) in [5, 5.41) is 0. The molecule has 0 bridgehead atoms. The minimum atomic E-state index is 0. The number of hydrogen-bond acceptors (Lipinski definition) is 2. The lowest BCUT2D eigenvalue weighted by Gasteiger charge is -2.00. The molecule has 0 N–H and O–H groups in total. The van der Waals surface area contributed by atoms with E-state index >= 15 is 0 Å². The molecular formula is C15H19NO. The first-order valence-corrected chi connectivity index (χ1v) is 5.84. The fraction of sp³-hybridized carbons (Fsp3) is 0.200. The van der Waals surface area contributed by atoms with Gasteiger partial charge in [-0.3, -0.25) is 9.78 Å². The minimum absolute atomic E-state index is 0. The van der Waals surface area contributed by atoms with Crippen molar-refractivity contribution in [1.29, 1.82) is 0 Å². The Morgan fingerprint density at radius 2 is 2.12 bits per heavy atom. The van der Waals surface area contributed by atoms with Crippen LogP contribution >= 0.6 is 0 Å². The molecule has 17 heavy (non-hydrogen) atoms. The summed E-state index contributed by atoms with van der Waals surface area (Å²) in [5.74, 6) is 0. The molecule has 0 saturated carbocycles. The van der Waals surface area contributed by atoms with Crippen LogP contribution in [0.1, 0.15) is 27.4 Å². The van der Waals surface area contributed by atoms with Crippen molar-refractivity contribution in [3.8, 4) is 0 Å². The van der Waals surface area contributed by atoms with Gasteiger partial charge >= 0.3 is 0 Å². The number of allylic oxidation sites excluding steroid dienone is 6. The average Bonchev–Trinajstić information content (AvgIpc) is 2.67. The highest BCUT2D eigenvalue weighted by Gasteiger charge is 2.02. The summed E-state index contributed by atoms with van der Waals surface area (Å²) in [6.45, 7) is 4.00. The van der Waals surface area contributed by atoms with Crippen molar-refractivity contribution in [2.75, 3.05) is 0 Å². The van der Waals surface area contributed by atoms with Crippen molar-refractivity contribution in [2.24, 2.45) is 0 Å². The van der Waals surface area contributed by atoms with Crippen molar-refractivity contribution in [3.63, 3.8) is 0 Å². The van der Waals surface area contributed by atoms with Crippen molar-refractivity contribution >= 4 is 11.9 Å². The van der Waals surface area contributed by atoms with Crippen LogP contribution in [0.3, 0.4) is 0 Å². The molecule has 0 aromatic carbocycles. The Bertz CT molecular complexity index is 447. The van der Waals surface area contributed by atoms with Gasteiger partial charge in [0.2, 0.25) is 0 Å². The summed E-state index contributed by atoms with van der Waals surface area (Å²) >= 11 is 0. The lowest BCUT2D eigenvalue weighted by atomic mass is 10.1. The maximum absolute atomic E-state index is 10.6. The van der Waals surface area contributed by atoms with Crippen LogP contribution in [0.15, 0.2) is 54.3 Å². The standard InChI is InChI=1S/C13H11NO.C2H6.H2/c15-10-11-4-3-5-12(8-7-11)13-6-1-2-9-14-13;1-2;/h1-4,6-10H,5H2;1-2H3;1H. The molecule has 0 saturated heterocycles. The van der Waals surface area contributed by atoms with E-state index in [4.69, 9.17) is 0 Å². The lowest BCUT2D eigenvalue weighted by Crippen LogP contribution is -1.86. The topological polar surface area (TPSA) is 30.0 Å². The van der Waals surface area contributed by atoms with Gasteiger partial charge in [-0.15, -0.1) is 0 Å². The number of aromatic nitrogens is 1. The lowest BCUT2D eigenvalue weighted by molar-refractivity contribution is -0.104. The molecule has 0 spiro atoms. The van der Waals surface area contributed by atoms with Crippen LogP contribution in [0, 0.1) is 0 Å². The first-order chi connectivity index (χ1) is 8.40. The predicted molar refractivity (Wildman–Crippen MR) is 73.6 cm³/mol. The van der Waals surface area contributed by atoms with Crippen LogP contribution in [0.2, 0.25) is 0 Å². The molecule has 0 unspecified atom stereocenters. The van der Waals surface area contributed by atoms with Gasteiger partial charge in [-0.1, -0.05) is 44.2 Å². The summed E-state index contributed by atoms with van der Waals surface area (Å²) in [4.78, 5) is 14.9. The first-order valence-electron chi connectivity index (χ1n) is 5.84. The Morgan fingerprint density at radius 3 is 2.76 bits per heavy atom. The summed E-state index contributed by atoms with van der Waals surface area (Å²) in [5.41, 5.74) is 2.79. The van der Waals surface area contributed by atoms with E-state index in [1.165, 1.54) is 0 Å². The van der Waals surface area contributed by atoms with Gasteiger partial charge in [0.25, 0.3) is 0 Å². The molecule has 0 amide bonds. The Morgan fingerprint density at radius 1 is 1.29 bits per heavy atom. The van der Waals surface area contributed by atoms with E-state index in [9.17, 15) is 4.79 Å². The fourth-order valence-corrected chi connectivity index (χ4v) is 1.46. The maximum atomic E-state index is 10.6. The van der Waals surface area contributed by atoms with E-state index in [1.54, 1.807) is 6.20 Å². The highest BCUT2D eigenvalue weighted by atomic mass is 16.1. The number of rotatable bonds is 2. The fourth-order valence-electron chi connectivity index (χ4n) is 1.46. The quantitative estimate of drug-likeness (QED) is 0.721. The average molecular weight is 229 g/mol. The van der Waals surface area contributed by atoms with E-state index in [0.29, 0.717) is 5.57 Å². The second-order valence-corrected chi connectivity index (χ2v) is 3.30. The van der Waals surface area contributed by atoms with E-state index < -0.39 is 0 Å². The third-order valence-electron chi connectivity index (χ3n) is 2.26. The molecule has 1 aromatic heterocycles. The van der Waals surface area contributed by atoms with Crippen molar-refractivity contribution in [1.82, 2.24) is 4.98 Å². The van der Waals surface area contributed by atoms with Gasteiger partial charge in [0, 0.05) is 13.2 Å². The zero-order valence-electron chi connectivity index (χ0n) is 10.3. The van der Waals surface area contributed by atoms with E-state index in [-0.39, 0.29) is 1.43 Å². The Labute approximate surface area is 104 Å². The largest absolute Gasteiger partial charge is 0.298 e. The Balaban J connectivity index is 0.000000917. The number of carbonyl (C=O) groups is 1. The zero-order valence-corrected chi connectivity index (χ0v) is 10.3. The van der Waals surface area contributed by atoms with Gasteiger partial charge in [-0.2, -0.15) is 0 Å². The van der Waals surface area contributed by atoms with Gasteiger partial charge in [-0.25, -0.2) is 0 Å². The van der Waals surface area contributed by atoms with Crippen LogP contribution in [0.5, 0.6) is 0 Å². The van der Waals surface area contributed by atoms with Gasteiger partial charge in [0.15, 0.2) is 0 Å². The van der Waals surface area contributed by atoms with Crippen LogP contribution in [-0.2, 0) is 4.79 Å². The van der Waals surface area contributed by atoms with Gasteiger partial charge in [0.05, 0.1) is 5.69 Å². The Kier molecular flexibility index (Phi) is 5.66. The minimum Gasteiger partial charge on any atom is -0.298 e. The summed E-state index contributed by atoms with van der Waals surface area (Å²) in [6, 6.07) is 5.82. The van der Waals surface area contributed by atoms with Crippen LogP contribution in [-0.4, -0.2) is 11.3 Å². The molecule has 0 atom stereocenters.